The molecule has 0 saturated carbocycles. The van der Waals surface area contributed by atoms with Crippen molar-refractivity contribution in [2.24, 2.45) is 0 Å². The fourth-order valence-electron chi connectivity index (χ4n) is 2.94. The Morgan fingerprint density at radius 1 is 1.06 bits per heavy atom. The van der Waals surface area contributed by atoms with Crippen molar-refractivity contribution < 1.29 is 23.9 Å². The molecule has 170 valence electrons. The molecule has 6 heteroatoms. The van der Waals surface area contributed by atoms with E-state index in [1.807, 2.05) is 19.1 Å². The summed E-state index contributed by atoms with van der Waals surface area (Å²) in [5.41, 5.74) is 2.46. The van der Waals surface area contributed by atoms with Gasteiger partial charge in [-0.25, -0.2) is 4.79 Å². The Bertz CT molecular complexity index is 986. The number of hydrogen-bond acceptors (Lipinski definition) is 6. The predicted molar refractivity (Wildman–Crippen MR) is 126 cm³/mol. The fraction of sp³-hybridized carbons (Fsp3) is 0.346. The molecule has 0 aliphatic heterocycles. The lowest BCUT2D eigenvalue weighted by molar-refractivity contribution is -0.117. The molecule has 2 aromatic rings. The van der Waals surface area contributed by atoms with Gasteiger partial charge in [-0.05, 0) is 67.3 Å². The molecule has 0 aromatic heterocycles. The van der Waals surface area contributed by atoms with Crippen LogP contribution >= 0.6 is 0 Å². The van der Waals surface area contributed by atoms with Crippen LogP contribution in [0.25, 0.3) is 0 Å². The first-order valence-electron chi connectivity index (χ1n) is 10.5. The summed E-state index contributed by atoms with van der Waals surface area (Å²) in [7, 11) is 0. The minimum atomic E-state index is -0.449. The number of carbonyl (C=O) groups is 3. The van der Waals surface area contributed by atoms with E-state index in [0.717, 1.165) is 11.3 Å². The number of benzene rings is 2. The van der Waals surface area contributed by atoms with Gasteiger partial charge in [0.1, 0.15) is 12.4 Å². The summed E-state index contributed by atoms with van der Waals surface area (Å²) in [5.74, 6) is -0.104. The van der Waals surface area contributed by atoms with Gasteiger partial charge in [-0.2, -0.15) is 0 Å². The monoisotopic (exact) mass is 437 g/mol. The number of rotatable bonds is 10. The first-order chi connectivity index (χ1) is 15.0. The van der Waals surface area contributed by atoms with Gasteiger partial charge in [0.2, 0.25) is 0 Å². The van der Waals surface area contributed by atoms with Crippen LogP contribution in [0.2, 0.25) is 0 Å². The number of ketones is 2. The molecule has 0 heterocycles. The molecule has 32 heavy (non-hydrogen) atoms. The van der Waals surface area contributed by atoms with Gasteiger partial charge < -0.3 is 14.8 Å². The van der Waals surface area contributed by atoms with Crippen molar-refractivity contribution in [3.8, 4) is 5.75 Å². The van der Waals surface area contributed by atoms with Gasteiger partial charge in [0.15, 0.2) is 18.2 Å². The lowest BCUT2D eigenvalue weighted by Gasteiger charge is -2.25. The highest BCUT2D eigenvalue weighted by molar-refractivity contribution is 5.98. The Hall–Kier alpha value is -3.41. The van der Waals surface area contributed by atoms with Crippen LogP contribution in [0.5, 0.6) is 5.75 Å². The number of hydrogen-bond donors (Lipinski definition) is 1. The van der Waals surface area contributed by atoms with Crippen LogP contribution in [0, 0.1) is 0 Å². The highest BCUT2D eigenvalue weighted by Crippen LogP contribution is 2.31. The van der Waals surface area contributed by atoms with Crippen molar-refractivity contribution >= 4 is 23.2 Å². The SMILES string of the molecule is C=CCOC(=O)c1ccc(OCC(=O)c2ccc(NC(C)C(C)=O)c(C(C)(C)C)c2)cc1. The number of carbonyl (C=O) groups excluding carboxylic acids is 3. The normalized spacial score (nSPS) is 11.9. The summed E-state index contributed by atoms with van der Waals surface area (Å²) in [6, 6.07) is 11.5. The summed E-state index contributed by atoms with van der Waals surface area (Å²) >= 11 is 0. The summed E-state index contributed by atoms with van der Waals surface area (Å²) in [6.45, 7) is 13.0. The van der Waals surface area contributed by atoms with Crippen LogP contribution < -0.4 is 10.1 Å². The fourth-order valence-corrected chi connectivity index (χ4v) is 2.94. The maximum Gasteiger partial charge on any atom is 0.338 e. The van der Waals surface area contributed by atoms with Crippen molar-refractivity contribution in [2.75, 3.05) is 18.5 Å². The minimum Gasteiger partial charge on any atom is -0.485 e. The molecule has 0 bridgehead atoms. The number of ether oxygens (including phenoxy) is 2. The largest absolute Gasteiger partial charge is 0.485 e. The Morgan fingerprint density at radius 3 is 2.25 bits per heavy atom. The van der Waals surface area contributed by atoms with Crippen molar-refractivity contribution in [2.45, 2.75) is 46.1 Å². The highest BCUT2D eigenvalue weighted by Gasteiger charge is 2.22. The molecule has 0 aliphatic rings. The summed E-state index contributed by atoms with van der Waals surface area (Å²) in [5, 5.41) is 3.23. The summed E-state index contributed by atoms with van der Waals surface area (Å²) < 4.78 is 10.6. The standard InChI is InChI=1S/C26H31NO5/c1-7-14-31-25(30)19-8-11-21(12-9-19)32-16-24(29)20-10-13-23(27-17(2)18(3)28)22(15-20)26(4,5)6/h7-13,15,17,27H,1,14,16H2,2-6H3. The maximum absolute atomic E-state index is 12.7. The highest BCUT2D eigenvalue weighted by atomic mass is 16.5. The maximum atomic E-state index is 12.7. The van der Waals surface area contributed by atoms with E-state index < -0.39 is 5.97 Å². The second-order valence-electron chi connectivity index (χ2n) is 8.61. The van der Waals surface area contributed by atoms with Crippen LogP contribution in [0.4, 0.5) is 5.69 Å². The van der Waals surface area contributed by atoms with Crippen LogP contribution in [0.3, 0.4) is 0 Å². The molecule has 0 fully saturated rings. The minimum absolute atomic E-state index is 0.0402. The van der Waals surface area contributed by atoms with Crippen LogP contribution in [-0.2, 0) is 14.9 Å². The molecule has 2 rings (SSSR count). The number of anilines is 1. The third-order valence-corrected chi connectivity index (χ3v) is 4.92. The molecular weight excluding hydrogens is 406 g/mol. The zero-order chi connectivity index (χ0) is 23.9. The molecule has 0 saturated heterocycles. The summed E-state index contributed by atoms with van der Waals surface area (Å²) in [4.78, 5) is 36.2. The molecule has 0 aliphatic carbocycles. The van der Waals surface area contributed by atoms with Gasteiger partial charge in [-0.1, -0.05) is 33.4 Å². The van der Waals surface area contributed by atoms with Gasteiger partial charge in [0, 0.05) is 11.3 Å². The van der Waals surface area contributed by atoms with Crippen LogP contribution in [0.15, 0.2) is 55.1 Å². The second-order valence-corrected chi connectivity index (χ2v) is 8.61. The third-order valence-electron chi connectivity index (χ3n) is 4.92. The van der Waals surface area contributed by atoms with E-state index in [1.54, 1.807) is 37.3 Å². The Morgan fingerprint density at radius 2 is 1.69 bits per heavy atom. The van der Waals surface area contributed by atoms with Crippen LogP contribution in [0.1, 0.15) is 60.9 Å². The van der Waals surface area contributed by atoms with Crippen molar-refractivity contribution in [3.05, 3.63) is 71.8 Å². The molecule has 1 atom stereocenters. The van der Waals surface area contributed by atoms with E-state index in [2.05, 4.69) is 32.7 Å². The molecule has 0 amide bonds. The Balaban J connectivity index is 2.10. The lowest BCUT2D eigenvalue weighted by Crippen LogP contribution is -2.26. The molecule has 0 radical (unpaired) electrons. The second kappa shape index (κ2) is 10.8. The van der Waals surface area contributed by atoms with Gasteiger partial charge in [-0.3, -0.25) is 9.59 Å². The smallest absolute Gasteiger partial charge is 0.338 e. The van der Waals surface area contributed by atoms with Gasteiger partial charge in [0.05, 0.1) is 11.6 Å². The summed E-state index contributed by atoms with van der Waals surface area (Å²) in [6.07, 6.45) is 1.50. The van der Waals surface area contributed by atoms with Crippen LogP contribution in [-0.4, -0.2) is 36.8 Å². The van der Waals surface area contributed by atoms with E-state index in [1.165, 1.54) is 6.08 Å². The van der Waals surface area contributed by atoms with Gasteiger partial charge >= 0.3 is 5.97 Å². The lowest BCUT2D eigenvalue weighted by atomic mass is 9.84. The van der Waals surface area contributed by atoms with E-state index >= 15 is 0 Å². The quantitative estimate of drug-likeness (QED) is 0.321. The topological polar surface area (TPSA) is 81.7 Å². The molecular formula is C26H31NO5. The Kier molecular flexibility index (Phi) is 8.35. The van der Waals surface area contributed by atoms with Crippen molar-refractivity contribution in [3.63, 3.8) is 0 Å². The van der Waals surface area contributed by atoms with Crippen molar-refractivity contribution in [1.29, 1.82) is 0 Å². The first kappa shape index (κ1) is 24.9. The zero-order valence-electron chi connectivity index (χ0n) is 19.4. The van der Waals surface area contributed by atoms with Gasteiger partial charge in [-0.15, -0.1) is 0 Å². The van der Waals surface area contributed by atoms with E-state index in [9.17, 15) is 14.4 Å². The first-order valence-corrected chi connectivity index (χ1v) is 10.5. The average Bonchev–Trinajstić information content (AvgIpc) is 2.75. The molecule has 0 spiro atoms. The van der Waals surface area contributed by atoms with E-state index in [-0.39, 0.29) is 36.2 Å². The van der Waals surface area contributed by atoms with Gasteiger partial charge in [0.25, 0.3) is 0 Å². The van der Waals surface area contributed by atoms with E-state index in [0.29, 0.717) is 16.9 Å². The molecule has 6 nitrogen and oxygen atoms in total. The molecule has 1 N–H and O–H groups in total. The van der Waals surface area contributed by atoms with E-state index in [4.69, 9.17) is 9.47 Å². The third kappa shape index (κ3) is 6.80. The average molecular weight is 438 g/mol. The predicted octanol–water partition coefficient (Wildman–Crippen LogP) is 4.98. The molecule has 1 unspecified atom stereocenters. The van der Waals surface area contributed by atoms with Crippen molar-refractivity contribution in [1.82, 2.24) is 0 Å². The number of nitrogens with one attached hydrogen (secondary N) is 1. The Labute approximate surface area is 189 Å². The molecule has 2 aromatic carbocycles. The zero-order valence-corrected chi connectivity index (χ0v) is 19.4. The number of Topliss-reactive ketones (excluding diaryl/α,β-unsaturated/α-hetero) is 2. The number of esters is 1.